The Bertz CT molecular complexity index is 1650. The molecular weight excluding hydrogens is 528 g/mol. The van der Waals surface area contributed by atoms with Gasteiger partial charge in [0.25, 0.3) is 5.56 Å². The van der Waals surface area contributed by atoms with Crippen molar-refractivity contribution in [2.24, 2.45) is 0 Å². The third-order valence-electron chi connectivity index (χ3n) is 7.40. The number of hydrogen-bond acceptors (Lipinski definition) is 7. The Balaban J connectivity index is 1.52. The summed E-state index contributed by atoms with van der Waals surface area (Å²) in [6.45, 7) is 6.95. The maximum absolute atomic E-state index is 13.7. The summed E-state index contributed by atoms with van der Waals surface area (Å²) in [5.41, 5.74) is 1.98. The van der Waals surface area contributed by atoms with Crippen LogP contribution in [0.25, 0.3) is 16.9 Å². The van der Waals surface area contributed by atoms with Crippen LogP contribution in [0.1, 0.15) is 69.1 Å². The second-order valence-corrected chi connectivity index (χ2v) is 12.1. The Kier molecular flexibility index (Phi) is 8.32. The summed E-state index contributed by atoms with van der Waals surface area (Å²) in [6.07, 6.45) is 7.42. The standard InChI is InChI=1S/C29H36N6O4S/c1-4-6-7-8-12-26-31-20(3)27-29(36)32-28(33-35(26)27)23-18-22(13-14-25(23)39-5-2)40(37,38)34-17-15-21(19-34)24-11-9-10-16-30-24/h9-11,13-14,16,18,21H,4-8,12,15,17,19H2,1-3H3,(H,32,33,36). The van der Waals surface area contributed by atoms with Gasteiger partial charge in [-0.05, 0) is 57.0 Å². The Hall–Kier alpha value is -3.57. The minimum Gasteiger partial charge on any atom is -0.493 e. The second-order valence-electron chi connectivity index (χ2n) is 10.2. The molecule has 1 aliphatic rings. The monoisotopic (exact) mass is 564 g/mol. The maximum Gasteiger partial charge on any atom is 0.277 e. The molecule has 4 heterocycles. The first-order valence-corrected chi connectivity index (χ1v) is 15.4. The lowest BCUT2D eigenvalue weighted by Gasteiger charge is -2.18. The normalized spacial score (nSPS) is 16.1. The predicted molar refractivity (Wildman–Crippen MR) is 153 cm³/mol. The van der Waals surface area contributed by atoms with E-state index in [1.54, 1.807) is 35.8 Å². The third kappa shape index (κ3) is 5.53. The lowest BCUT2D eigenvalue weighted by Crippen LogP contribution is -2.28. The summed E-state index contributed by atoms with van der Waals surface area (Å²) < 4.78 is 36.4. The van der Waals surface area contributed by atoms with Crippen molar-refractivity contribution >= 4 is 15.5 Å². The lowest BCUT2D eigenvalue weighted by atomic mass is 10.0. The molecule has 0 saturated carbocycles. The second kappa shape index (κ2) is 11.9. The smallest absolute Gasteiger partial charge is 0.277 e. The molecule has 1 unspecified atom stereocenters. The van der Waals surface area contributed by atoms with Crippen molar-refractivity contribution in [1.29, 1.82) is 0 Å². The molecule has 0 aliphatic carbocycles. The Morgan fingerprint density at radius 3 is 2.73 bits per heavy atom. The molecule has 5 rings (SSSR count). The van der Waals surface area contributed by atoms with Gasteiger partial charge in [-0.1, -0.05) is 32.3 Å². The number of fused-ring (bicyclic) bond motifs is 1. The predicted octanol–water partition coefficient (Wildman–Crippen LogP) is 4.49. The van der Waals surface area contributed by atoms with Crippen LogP contribution in [0.2, 0.25) is 0 Å². The van der Waals surface area contributed by atoms with Gasteiger partial charge in [-0.3, -0.25) is 9.78 Å². The number of rotatable bonds is 11. The van der Waals surface area contributed by atoms with Crippen molar-refractivity contribution < 1.29 is 13.2 Å². The third-order valence-corrected chi connectivity index (χ3v) is 9.26. The van der Waals surface area contributed by atoms with Crippen molar-refractivity contribution in [2.45, 2.75) is 70.1 Å². The van der Waals surface area contributed by atoms with E-state index in [-0.39, 0.29) is 22.2 Å². The molecule has 1 fully saturated rings. The van der Waals surface area contributed by atoms with Gasteiger partial charge in [-0.25, -0.2) is 17.9 Å². The number of ether oxygens (including phenoxy) is 1. The molecule has 212 valence electrons. The Morgan fingerprint density at radius 2 is 1.98 bits per heavy atom. The Morgan fingerprint density at radius 1 is 1.12 bits per heavy atom. The van der Waals surface area contributed by atoms with E-state index >= 15 is 0 Å². The molecule has 1 aromatic carbocycles. The fourth-order valence-corrected chi connectivity index (χ4v) is 6.85. The number of aryl methyl sites for hydroxylation is 2. The Labute approximate surface area is 234 Å². The molecule has 10 nitrogen and oxygen atoms in total. The first kappa shape index (κ1) is 28.0. The fraction of sp³-hybridized carbons (Fsp3) is 0.448. The van der Waals surface area contributed by atoms with Gasteiger partial charge in [0.15, 0.2) is 11.3 Å². The van der Waals surface area contributed by atoms with E-state index in [4.69, 9.17) is 9.84 Å². The van der Waals surface area contributed by atoms with E-state index in [1.165, 1.54) is 4.31 Å². The number of pyridine rings is 1. The quantitative estimate of drug-likeness (QED) is 0.266. The molecule has 0 bridgehead atoms. The summed E-state index contributed by atoms with van der Waals surface area (Å²) >= 11 is 0. The number of benzene rings is 1. The first-order valence-electron chi connectivity index (χ1n) is 14.0. The molecule has 0 amide bonds. The van der Waals surface area contributed by atoms with Crippen molar-refractivity contribution in [3.05, 3.63) is 70.2 Å². The van der Waals surface area contributed by atoms with Crippen LogP contribution in [0.15, 0.2) is 52.3 Å². The van der Waals surface area contributed by atoms with Crippen LogP contribution in [-0.2, 0) is 16.4 Å². The summed E-state index contributed by atoms with van der Waals surface area (Å²) in [7, 11) is -3.80. The van der Waals surface area contributed by atoms with Crippen molar-refractivity contribution in [2.75, 3.05) is 19.7 Å². The van der Waals surface area contributed by atoms with E-state index in [2.05, 4.69) is 21.9 Å². The van der Waals surface area contributed by atoms with E-state index in [0.29, 0.717) is 55.1 Å². The van der Waals surface area contributed by atoms with Gasteiger partial charge in [-0.2, -0.15) is 4.31 Å². The van der Waals surface area contributed by atoms with E-state index < -0.39 is 10.0 Å². The van der Waals surface area contributed by atoms with E-state index in [9.17, 15) is 13.2 Å². The summed E-state index contributed by atoms with van der Waals surface area (Å²) in [4.78, 5) is 25.2. The fourth-order valence-electron chi connectivity index (χ4n) is 5.32. The number of aromatic amines is 1. The van der Waals surface area contributed by atoms with Crippen LogP contribution in [0.3, 0.4) is 0 Å². The highest BCUT2D eigenvalue weighted by Gasteiger charge is 2.34. The number of sulfonamides is 1. The summed E-state index contributed by atoms with van der Waals surface area (Å²) in [6, 6.07) is 10.4. The molecular formula is C29H36N6O4S. The van der Waals surface area contributed by atoms with Crippen molar-refractivity contribution in [3.63, 3.8) is 0 Å². The molecule has 0 radical (unpaired) electrons. The molecule has 11 heteroatoms. The topological polar surface area (TPSA) is 123 Å². The van der Waals surface area contributed by atoms with Crippen LogP contribution in [-0.4, -0.2) is 57.0 Å². The lowest BCUT2D eigenvalue weighted by molar-refractivity contribution is 0.341. The van der Waals surface area contributed by atoms with Gasteiger partial charge in [0, 0.05) is 37.3 Å². The number of H-pyrrole nitrogens is 1. The largest absolute Gasteiger partial charge is 0.493 e. The minimum absolute atomic E-state index is 0.0406. The average molecular weight is 565 g/mol. The highest BCUT2D eigenvalue weighted by atomic mass is 32.2. The number of nitrogens with one attached hydrogen (secondary N) is 1. The van der Waals surface area contributed by atoms with Gasteiger partial charge in [0.05, 0.1) is 22.8 Å². The van der Waals surface area contributed by atoms with Crippen LogP contribution in [0.4, 0.5) is 0 Å². The number of hydrogen-bond donors (Lipinski definition) is 1. The zero-order chi connectivity index (χ0) is 28.3. The average Bonchev–Trinajstić information content (AvgIpc) is 3.58. The molecule has 1 N–H and O–H groups in total. The van der Waals surface area contributed by atoms with Crippen LogP contribution in [0.5, 0.6) is 5.75 Å². The van der Waals surface area contributed by atoms with Crippen molar-refractivity contribution in [3.8, 4) is 17.1 Å². The highest BCUT2D eigenvalue weighted by molar-refractivity contribution is 7.89. The number of unbranched alkanes of at least 4 members (excludes halogenated alkanes) is 3. The van der Waals surface area contributed by atoms with Gasteiger partial charge in [0.1, 0.15) is 11.6 Å². The summed E-state index contributed by atoms with van der Waals surface area (Å²) in [5, 5.41) is 4.74. The van der Waals surface area contributed by atoms with E-state index in [0.717, 1.165) is 37.2 Å². The first-order chi connectivity index (χ1) is 19.3. The molecule has 4 aromatic rings. The zero-order valence-electron chi connectivity index (χ0n) is 23.3. The minimum atomic E-state index is -3.80. The van der Waals surface area contributed by atoms with Gasteiger partial charge >= 0.3 is 0 Å². The summed E-state index contributed by atoms with van der Waals surface area (Å²) in [5.74, 6) is 1.44. The molecule has 1 saturated heterocycles. The van der Waals surface area contributed by atoms with Crippen LogP contribution >= 0.6 is 0 Å². The number of nitrogens with zero attached hydrogens (tertiary/aromatic N) is 5. The molecule has 1 atom stereocenters. The van der Waals surface area contributed by atoms with Gasteiger partial charge in [-0.15, -0.1) is 5.10 Å². The highest BCUT2D eigenvalue weighted by Crippen LogP contribution is 2.34. The maximum atomic E-state index is 13.7. The van der Waals surface area contributed by atoms with E-state index in [1.807, 2.05) is 25.1 Å². The number of aromatic nitrogens is 5. The number of imidazole rings is 1. The molecule has 3 aromatic heterocycles. The SMILES string of the molecule is CCCCCCc1nc(C)c2c(=O)[nH]c(-c3cc(S(=O)(=O)N4CCC(c5ccccn5)C4)ccc3OCC)nn12. The zero-order valence-corrected chi connectivity index (χ0v) is 24.1. The van der Waals surface area contributed by atoms with Crippen molar-refractivity contribution in [1.82, 2.24) is 28.9 Å². The van der Waals surface area contributed by atoms with Gasteiger partial charge < -0.3 is 9.72 Å². The van der Waals surface area contributed by atoms with Gasteiger partial charge in [0.2, 0.25) is 10.0 Å². The molecule has 0 spiro atoms. The van der Waals surface area contributed by atoms with Crippen LogP contribution < -0.4 is 10.3 Å². The van der Waals surface area contributed by atoms with Crippen LogP contribution in [0, 0.1) is 6.92 Å². The molecule has 1 aliphatic heterocycles. The molecule has 40 heavy (non-hydrogen) atoms.